The van der Waals surface area contributed by atoms with Gasteiger partial charge < -0.3 is 0 Å². The molecule has 0 aliphatic heterocycles. The monoisotopic (exact) mass is 534 g/mol. The van der Waals surface area contributed by atoms with Crippen LogP contribution in [0.3, 0.4) is 0 Å². The van der Waals surface area contributed by atoms with Crippen LogP contribution in [0.1, 0.15) is 0 Å². The predicted molar refractivity (Wildman–Crippen MR) is 171 cm³/mol. The molecule has 8 aromatic rings. The van der Waals surface area contributed by atoms with E-state index in [0.717, 1.165) is 22.1 Å². The summed E-state index contributed by atoms with van der Waals surface area (Å²) >= 11 is 6.69. The van der Waals surface area contributed by atoms with Gasteiger partial charge in [-0.3, -0.25) is 4.40 Å². The fourth-order valence-corrected chi connectivity index (χ4v) is 9.76. The Bertz CT molecular complexity index is 2210. The Hall–Kier alpha value is -4.30. The van der Waals surface area contributed by atoms with Crippen molar-refractivity contribution in [1.29, 1.82) is 0 Å². The Labute approximate surface area is 231 Å². The molecule has 0 unspecified atom stereocenters. The van der Waals surface area contributed by atoms with Crippen molar-refractivity contribution in [2.24, 2.45) is 0 Å². The molecule has 2 nitrogen and oxygen atoms in total. The Morgan fingerprint density at radius 2 is 1.15 bits per heavy atom. The topological polar surface area (TPSA) is 17.3 Å². The Kier molecular flexibility index (Phi) is 5.00. The number of benzene rings is 6. The van der Waals surface area contributed by atoms with Crippen LogP contribution < -0.4 is 15.9 Å². The minimum atomic E-state index is -2.30. The van der Waals surface area contributed by atoms with Gasteiger partial charge in [0.1, 0.15) is 5.65 Å². The molecule has 39 heavy (non-hydrogen) atoms. The maximum atomic E-state index is 6.69. The van der Waals surface area contributed by atoms with E-state index in [0.29, 0.717) is 0 Å². The van der Waals surface area contributed by atoms with Crippen molar-refractivity contribution in [3.63, 3.8) is 0 Å². The van der Waals surface area contributed by atoms with Crippen LogP contribution in [-0.4, -0.2) is 9.38 Å². The highest BCUT2D eigenvalue weighted by Gasteiger charge is 2.26. The van der Waals surface area contributed by atoms with Gasteiger partial charge in [0.05, 0.1) is 16.6 Å². The summed E-state index contributed by atoms with van der Waals surface area (Å²) < 4.78 is 2.35. The van der Waals surface area contributed by atoms with Gasteiger partial charge in [0.15, 0.2) is 0 Å². The summed E-state index contributed by atoms with van der Waals surface area (Å²) in [5.74, 6) is 0. The van der Waals surface area contributed by atoms with Gasteiger partial charge in [0, 0.05) is 22.2 Å². The van der Waals surface area contributed by atoms with Crippen molar-refractivity contribution in [3.05, 3.63) is 140 Å². The standard InChI is InChI=1S/C35H23N2PS/c39-38(25-12-3-1-4-13-25,26-14-5-2-6-15-26)27-20-22-29-30-21-19-24-11-7-8-16-28(24)34(30)37-33-18-10-9-17-32(33)36-35(37)31(29)23-27/h1-23H. The molecule has 6 aromatic carbocycles. The number of rotatable bonds is 3. The maximum Gasteiger partial charge on any atom is 0.146 e. The smallest absolute Gasteiger partial charge is 0.146 e. The van der Waals surface area contributed by atoms with Crippen LogP contribution in [0, 0.1) is 0 Å². The highest BCUT2D eigenvalue weighted by atomic mass is 32.4. The van der Waals surface area contributed by atoms with Gasteiger partial charge in [-0.25, -0.2) is 4.98 Å². The first-order valence-corrected chi connectivity index (χ1v) is 15.9. The van der Waals surface area contributed by atoms with Crippen LogP contribution in [0.2, 0.25) is 0 Å². The normalized spacial score (nSPS) is 12.2. The summed E-state index contributed by atoms with van der Waals surface area (Å²) in [5, 5.41) is 9.58. The number of para-hydroxylation sites is 2. The van der Waals surface area contributed by atoms with E-state index in [-0.39, 0.29) is 0 Å². The summed E-state index contributed by atoms with van der Waals surface area (Å²) in [5.41, 5.74) is 4.28. The number of fused-ring (bicyclic) bond motifs is 10. The summed E-state index contributed by atoms with van der Waals surface area (Å²) in [6.07, 6.45) is 0. The third kappa shape index (κ3) is 3.27. The van der Waals surface area contributed by atoms with Crippen molar-refractivity contribution < 1.29 is 0 Å². The zero-order chi connectivity index (χ0) is 26.0. The zero-order valence-electron chi connectivity index (χ0n) is 21.0. The molecule has 0 atom stereocenters. The first-order valence-electron chi connectivity index (χ1n) is 13.1. The zero-order valence-corrected chi connectivity index (χ0v) is 22.7. The minimum Gasteiger partial charge on any atom is -0.291 e. The second-order valence-electron chi connectivity index (χ2n) is 9.95. The number of nitrogens with zero attached hydrogens (tertiary/aromatic N) is 2. The lowest BCUT2D eigenvalue weighted by Gasteiger charge is -2.24. The molecule has 2 aromatic heterocycles. The van der Waals surface area contributed by atoms with Gasteiger partial charge >= 0.3 is 0 Å². The summed E-state index contributed by atoms with van der Waals surface area (Å²) in [6.45, 7) is 0. The molecular formula is C35H23N2PS. The summed E-state index contributed by atoms with van der Waals surface area (Å²) in [7, 11) is 0. The third-order valence-electron chi connectivity index (χ3n) is 7.82. The van der Waals surface area contributed by atoms with Crippen LogP contribution in [0.15, 0.2) is 140 Å². The average Bonchev–Trinajstić information content (AvgIpc) is 3.41. The first kappa shape index (κ1) is 22.7. The Balaban J connectivity index is 1.55. The van der Waals surface area contributed by atoms with Gasteiger partial charge in [-0.1, -0.05) is 133 Å². The maximum absolute atomic E-state index is 6.69. The molecule has 0 saturated heterocycles. The van der Waals surface area contributed by atoms with Crippen molar-refractivity contribution in [2.75, 3.05) is 0 Å². The molecule has 8 rings (SSSR count). The second-order valence-corrected chi connectivity index (χ2v) is 14.4. The average molecular weight is 535 g/mol. The first-order chi connectivity index (χ1) is 19.2. The highest BCUT2D eigenvalue weighted by Crippen LogP contribution is 2.44. The van der Waals surface area contributed by atoms with Crippen LogP contribution in [-0.2, 0) is 11.8 Å². The molecule has 184 valence electrons. The van der Waals surface area contributed by atoms with Crippen LogP contribution >= 0.6 is 6.04 Å². The van der Waals surface area contributed by atoms with Crippen molar-refractivity contribution >= 4 is 82.9 Å². The Morgan fingerprint density at radius 1 is 0.513 bits per heavy atom. The van der Waals surface area contributed by atoms with E-state index in [1.165, 1.54) is 43.0 Å². The van der Waals surface area contributed by atoms with E-state index in [1.54, 1.807) is 0 Å². The molecule has 0 N–H and O–H groups in total. The van der Waals surface area contributed by atoms with E-state index in [9.17, 15) is 0 Å². The van der Waals surface area contributed by atoms with E-state index in [2.05, 4.69) is 144 Å². The fraction of sp³-hybridized carbons (Fsp3) is 0. The number of imidazole rings is 1. The van der Waals surface area contributed by atoms with Gasteiger partial charge in [-0.05, 0) is 44.9 Å². The number of pyridine rings is 1. The minimum absolute atomic E-state index is 0.972. The molecule has 4 heteroatoms. The second kappa shape index (κ2) is 8.61. The van der Waals surface area contributed by atoms with Crippen LogP contribution in [0.4, 0.5) is 0 Å². The molecule has 0 amide bonds. The number of hydrogen-bond donors (Lipinski definition) is 0. The fourth-order valence-electron chi connectivity index (χ4n) is 6.02. The highest BCUT2D eigenvalue weighted by molar-refractivity contribution is 8.25. The number of aromatic nitrogens is 2. The third-order valence-corrected chi connectivity index (χ3v) is 12.8. The molecule has 0 bridgehead atoms. The van der Waals surface area contributed by atoms with Crippen LogP contribution in [0.5, 0.6) is 0 Å². The lowest BCUT2D eigenvalue weighted by atomic mass is 10.0. The molecular weight excluding hydrogens is 511 g/mol. The molecule has 2 heterocycles. The van der Waals surface area contributed by atoms with Crippen LogP contribution in [0.25, 0.3) is 49.1 Å². The summed E-state index contributed by atoms with van der Waals surface area (Å²) in [6, 6.07) is 47.4. The molecule has 0 aliphatic carbocycles. The van der Waals surface area contributed by atoms with E-state index < -0.39 is 6.04 Å². The van der Waals surface area contributed by atoms with Gasteiger partial charge in [-0.15, -0.1) is 0 Å². The van der Waals surface area contributed by atoms with Gasteiger partial charge in [0.2, 0.25) is 0 Å². The molecule has 0 saturated carbocycles. The van der Waals surface area contributed by atoms with Crippen molar-refractivity contribution in [3.8, 4) is 0 Å². The predicted octanol–water partition coefficient (Wildman–Crippen LogP) is 7.70. The van der Waals surface area contributed by atoms with E-state index >= 15 is 0 Å². The van der Waals surface area contributed by atoms with Gasteiger partial charge in [0.25, 0.3) is 0 Å². The van der Waals surface area contributed by atoms with Gasteiger partial charge in [-0.2, -0.15) is 0 Å². The van der Waals surface area contributed by atoms with Crippen molar-refractivity contribution in [1.82, 2.24) is 9.38 Å². The van der Waals surface area contributed by atoms with E-state index in [4.69, 9.17) is 16.8 Å². The molecule has 0 fully saturated rings. The molecule has 0 aliphatic rings. The molecule has 0 radical (unpaired) electrons. The molecule has 0 spiro atoms. The lowest BCUT2D eigenvalue weighted by Crippen LogP contribution is -2.24. The van der Waals surface area contributed by atoms with E-state index in [1.807, 2.05) is 0 Å². The SMILES string of the molecule is S=P(c1ccccc1)(c1ccccc1)c1ccc2c(c1)c1nc3ccccc3n1c1c3ccccc3ccc21. The summed E-state index contributed by atoms with van der Waals surface area (Å²) in [4.78, 5) is 5.21. The largest absolute Gasteiger partial charge is 0.291 e. The van der Waals surface area contributed by atoms with Crippen molar-refractivity contribution in [2.45, 2.75) is 0 Å². The Morgan fingerprint density at radius 3 is 1.92 bits per heavy atom. The quantitative estimate of drug-likeness (QED) is 0.171. The number of hydrogen-bond acceptors (Lipinski definition) is 2. The lowest BCUT2D eigenvalue weighted by molar-refractivity contribution is 1.32.